The predicted molar refractivity (Wildman–Crippen MR) is 72.3 cm³/mol. The summed E-state index contributed by atoms with van der Waals surface area (Å²) in [5.41, 5.74) is 0.801. The maximum atomic E-state index is 14.0. The molecule has 0 N–H and O–H groups in total. The molecule has 0 aliphatic heterocycles. The molecule has 0 unspecified atom stereocenters. The summed E-state index contributed by atoms with van der Waals surface area (Å²) in [4.78, 5) is 12.4. The van der Waals surface area contributed by atoms with Crippen molar-refractivity contribution in [2.24, 2.45) is 0 Å². The largest absolute Gasteiger partial charge is 0.496 e. The van der Waals surface area contributed by atoms with Gasteiger partial charge in [-0.2, -0.15) is 0 Å². The van der Waals surface area contributed by atoms with Gasteiger partial charge in [-0.25, -0.2) is 8.78 Å². The van der Waals surface area contributed by atoms with Crippen molar-refractivity contribution in [3.63, 3.8) is 0 Å². The van der Waals surface area contributed by atoms with Gasteiger partial charge in [-0.1, -0.05) is 12.1 Å². The summed E-state index contributed by atoms with van der Waals surface area (Å²) in [7, 11) is 1.34. The number of carbonyl (C=O) groups is 1. The zero-order chi connectivity index (χ0) is 14.9. The molecule has 0 saturated carbocycles. The smallest absolute Gasteiger partial charge is 0.202 e. The Morgan fingerprint density at radius 1 is 1.05 bits per heavy atom. The second-order valence-electron chi connectivity index (χ2n) is 4.58. The number of aryl methyl sites for hydroxylation is 2. The first kappa shape index (κ1) is 14.2. The highest BCUT2D eigenvalue weighted by molar-refractivity contribution is 6.12. The normalized spacial score (nSPS) is 10.4. The average molecular weight is 276 g/mol. The van der Waals surface area contributed by atoms with Gasteiger partial charge in [0.1, 0.15) is 22.9 Å². The van der Waals surface area contributed by atoms with E-state index in [4.69, 9.17) is 4.74 Å². The van der Waals surface area contributed by atoms with E-state index >= 15 is 0 Å². The van der Waals surface area contributed by atoms with Crippen LogP contribution in [0.5, 0.6) is 5.75 Å². The number of carbonyl (C=O) groups excluding carboxylic acids is 1. The maximum absolute atomic E-state index is 14.0. The fourth-order valence-electron chi connectivity index (χ4n) is 2.22. The van der Waals surface area contributed by atoms with Gasteiger partial charge in [-0.15, -0.1) is 0 Å². The summed E-state index contributed by atoms with van der Waals surface area (Å²) >= 11 is 0. The maximum Gasteiger partial charge on any atom is 0.202 e. The third-order valence-corrected chi connectivity index (χ3v) is 3.08. The zero-order valence-electron chi connectivity index (χ0n) is 11.5. The van der Waals surface area contributed by atoms with Crippen LogP contribution in [0.15, 0.2) is 30.3 Å². The van der Waals surface area contributed by atoms with E-state index in [2.05, 4.69) is 0 Å². The van der Waals surface area contributed by atoms with Crippen LogP contribution >= 0.6 is 0 Å². The number of benzene rings is 2. The minimum Gasteiger partial charge on any atom is -0.496 e. The first-order valence-electron chi connectivity index (χ1n) is 6.09. The van der Waals surface area contributed by atoms with E-state index in [0.29, 0.717) is 11.1 Å². The van der Waals surface area contributed by atoms with Gasteiger partial charge in [0.05, 0.1) is 12.7 Å². The van der Waals surface area contributed by atoms with Crippen LogP contribution < -0.4 is 4.74 Å². The van der Waals surface area contributed by atoms with E-state index in [9.17, 15) is 13.6 Å². The fraction of sp³-hybridized carbons (Fsp3) is 0.188. The first-order valence-corrected chi connectivity index (χ1v) is 6.09. The molecule has 20 heavy (non-hydrogen) atoms. The summed E-state index contributed by atoms with van der Waals surface area (Å²) in [6.07, 6.45) is 0. The molecule has 0 fully saturated rings. The molecule has 0 heterocycles. The van der Waals surface area contributed by atoms with Crippen LogP contribution in [0.2, 0.25) is 0 Å². The molecule has 0 radical (unpaired) electrons. The topological polar surface area (TPSA) is 26.3 Å². The van der Waals surface area contributed by atoms with Gasteiger partial charge in [0.15, 0.2) is 0 Å². The minimum atomic E-state index is -0.728. The molecule has 0 saturated heterocycles. The molecule has 2 aromatic carbocycles. The van der Waals surface area contributed by atoms with E-state index in [1.807, 2.05) is 0 Å². The molecule has 0 aromatic heterocycles. The summed E-state index contributed by atoms with van der Waals surface area (Å²) < 4.78 is 32.9. The highest BCUT2D eigenvalue weighted by Crippen LogP contribution is 2.27. The first-order chi connectivity index (χ1) is 9.45. The summed E-state index contributed by atoms with van der Waals surface area (Å²) in [6, 6.07) is 7.00. The van der Waals surface area contributed by atoms with Crippen molar-refractivity contribution in [1.82, 2.24) is 0 Å². The van der Waals surface area contributed by atoms with Crippen molar-refractivity contribution < 1.29 is 18.3 Å². The highest BCUT2D eigenvalue weighted by atomic mass is 19.1. The van der Waals surface area contributed by atoms with Crippen LogP contribution in [0.25, 0.3) is 0 Å². The van der Waals surface area contributed by atoms with Crippen molar-refractivity contribution in [3.05, 3.63) is 64.2 Å². The second kappa shape index (κ2) is 5.41. The van der Waals surface area contributed by atoms with Crippen molar-refractivity contribution >= 4 is 5.78 Å². The van der Waals surface area contributed by atoms with Crippen LogP contribution in [0.4, 0.5) is 8.78 Å². The molecule has 0 aliphatic carbocycles. The van der Waals surface area contributed by atoms with Gasteiger partial charge < -0.3 is 4.74 Å². The standard InChI is InChI=1S/C16H14F2O2/c1-9-7-10(2)14(12(18)8-9)16(19)15-11(17)5-4-6-13(15)20-3/h4-8H,1-3H3. The number of ether oxygens (including phenoxy) is 1. The van der Waals surface area contributed by atoms with Crippen molar-refractivity contribution in [3.8, 4) is 5.75 Å². The molecular formula is C16H14F2O2. The zero-order valence-corrected chi connectivity index (χ0v) is 11.5. The number of halogens is 2. The minimum absolute atomic E-state index is 0.0920. The van der Waals surface area contributed by atoms with E-state index in [1.165, 1.54) is 25.3 Å². The lowest BCUT2D eigenvalue weighted by molar-refractivity contribution is 0.102. The monoisotopic (exact) mass is 276 g/mol. The Morgan fingerprint density at radius 2 is 1.75 bits per heavy atom. The lowest BCUT2D eigenvalue weighted by Gasteiger charge is -2.11. The number of rotatable bonds is 3. The number of hydrogen-bond acceptors (Lipinski definition) is 2. The van der Waals surface area contributed by atoms with Gasteiger partial charge in [0.2, 0.25) is 5.78 Å². The quantitative estimate of drug-likeness (QED) is 0.797. The Labute approximate surface area is 116 Å². The van der Waals surface area contributed by atoms with Gasteiger partial charge in [0, 0.05) is 0 Å². The fourth-order valence-corrected chi connectivity index (χ4v) is 2.22. The van der Waals surface area contributed by atoms with Crippen LogP contribution in [-0.4, -0.2) is 12.9 Å². The summed E-state index contributed by atoms with van der Waals surface area (Å²) in [5, 5.41) is 0. The van der Waals surface area contributed by atoms with Gasteiger partial charge in [-0.3, -0.25) is 4.79 Å². The molecule has 104 valence electrons. The Balaban J connectivity index is 2.64. The van der Waals surface area contributed by atoms with Crippen LogP contribution in [0.3, 0.4) is 0 Å². The number of ketones is 1. The van der Waals surface area contributed by atoms with Crippen molar-refractivity contribution in [2.75, 3.05) is 7.11 Å². The van der Waals surface area contributed by atoms with Crippen molar-refractivity contribution in [1.29, 1.82) is 0 Å². The molecule has 0 aliphatic rings. The average Bonchev–Trinajstić information content (AvgIpc) is 2.36. The Kier molecular flexibility index (Phi) is 3.84. The molecule has 2 rings (SSSR count). The third kappa shape index (κ3) is 2.41. The van der Waals surface area contributed by atoms with Gasteiger partial charge in [-0.05, 0) is 43.2 Å². The van der Waals surface area contributed by atoms with Crippen LogP contribution in [0.1, 0.15) is 27.0 Å². The second-order valence-corrected chi connectivity index (χ2v) is 4.58. The molecule has 0 atom stereocenters. The molecule has 2 nitrogen and oxygen atoms in total. The van der Waals surface area contributed by atoms with E-state index in [0.717, 1.165) is 6.07 Å². The van der Waals surface area contributed by atoms with Crippen LogP contribution in [0, 0.1) is 25.5 Å². The van der Waals surface area contributed by atoms with E-state index in [1.54, 1.807) is 19.9 Å². The molecule has 0 spiro atoms. The molecule has 0 bridgehead atoms. The Hall–Kier alpha value is -2.23. The molecular weight excluding hydrogens is 262 g/mol. The Morgan fingerprint density at radius 3 is 2.35 bits per heavy atom. The number of hydrogen-bond donors (Lipinski definition) is 0. The van der Waals surface area contributed by atoms with Crippen LogP contribution in [-0.2, 0) is 0 Å². The molecule has 4 heteroatoms. The van der Waals surface area contributed by atoms with Gasteiger partial charge >= 0.3 is 0 Å². The van der Waals surface area contributed by atoms with Gasteiger partial charge in [0.25, 0.3) is 0 Å². The molecule has 2 aromatic rings. The lowest BCUT2D eigenvalue weighted by Crippen LogP contribution is -2.11. The lowest BCUT2D eigenvalue weighted by atomic mass is 9.96. The number of methoxy groups -OCH3 is 1. The molecule has 0 amide bonds. The van der Waals surface area contributed by atoms with E-state index in [-0.39, 0.29) is 16.9 Å². The summed E-state index contributed by atoms with van der Waals surface area (Å²) in [5.74, 6) is -2.00. The summed E-state index contributed by atoms with van der Waals surface area (Å²) in [6.45, 7) is 3.35. The van der Waals surface area contributed by atoms with E-state index < -0.39 is 17.4 Å². The highest BCUT2D eigenvalue weighted by Gasteiger charge is 2.23. The predicted octanol–water partition coefficient (Wildman–Crippen LogP) is 3.82. The van der Waals surface area contributed by atoms with Crippen molar-refractivity contribution in [2.45, 2.75) is 13.8 Å². The Bertz CT molecular complexity index is 655. The SMILES string of the molecule is COc1cccc(F)c1C(=O)c1c(C)cc(C)cc1F. The third-order valence-electron chi connectivity index (χ3n) is 3.08.